The van der Waals surface area contributed by atoms with Crippen molar-refractivity contribution in [3.8, 4) is 0 Å². The molecule has 2 rings (SSSR count). The first kappa shape index (κ1) is 14.5. The highest BCUT2D eigenvalue weighted by Gasteiger charge is 2.26. The average Bonchev–Trinajstić information content (AvgIpc) is 2.49. The van der Waals surface area contributed by atoms with Crippen LogP contribution >= 0.6 is 0 Å². The van der Waals surface area contributed by atoms with Gasteiger partial charge < -0.3 is 20.3 Å². The Hall–Kier alpha value is -0.940. The van der Waals surface area contributed by atoms with E-state index < -0.39 is 5.54 Å². The Kier molecular flexibility index (Phi) is 5.34. The van der Waals surface area contributed by atoms with Crippen molar-refractivity contribution in [2.75, 3.05) is 26.4 Å². The summed E-state index contributed by atoms with van der Waals surface area (Å²) in [7, 11) is 0. The first-order valence-electron chi connectivity index (χ1n) is 6.89. The summed E-state index contributed by atoms with van der Waals surface area (Å²) in [5.74, 6) is 0. The smallest absolute Gasteiger partial charge is 0.0666 e. The normalized spacial score (nSPS) is 20.1. The number of aliphatic hydroxyl groups is 1. The van der Waals surface area contributed by atoms with E-state index in [2.05, 4.69) is 0 Å². The highest BCUT2D eigenvalue weighted by Crippen LogP contribution is 2.22. The number of hydrogen-bond acceptors (Lipinski definition) is 4. The maximum atomic E-state index is 9.58. The topological polar surface area (TPSA) is 64.7 Å². The van der Waals surface area contributed by atoms with Crippen molar-refractivity contribution in [3.05, 3.63) is 35.9 Å². The van der Waals surface area contributed by atoms with Crippen LogP contribution in [0, 0.1) is 0 Å². The largest absolute Gasteiger partial charge is 0.394 e. The van der Waals surface area contributed by atoms with Crippen molar-refractivity contribution in [2.24, 2.45) is 5.73 Å². The zero-order valence-corrected chi connectivity index (χ0v) is 11.3. The monoisotopic (exact) mass is 265 g/mol. The summed E-state index contributed by atoms with van der Waals surface area (Å²) in [6.45, 7) is 2.04. The summed E-state index contributed by atoms with van der Waals surface area (Å²) in [4.78, 5) is 0. The lowest BCUT2D eigenvalue weighted by atomic mass is 9.89. The molecule has 1 aliphatic heterocycles. The maximum Gasteiger partial charge on any atom is 0.0666 e. The lowest BCUT2D eigenvalue weighted by Crippen LogP contribution is -2.42. The number of rotatable bonds is 6. The standard InChI is InChI=1S/C15H23NO3/c16-15(12-17,13-4-2-1-3-5-13)8-11-19-14-6-9-18-10-7-14/h1-5,14,17H,6-12,16H2. The minimum Gasteiger partial charge on any atom is -0.394 e. The number of hydrogen-bond donors (Lipinski definition) is 2. The molecule has 1 atom stereocenters. The van der Waals surface area contributed by atoms with Crippen LogP contribution in [0.2, 0.25) is 0 Å². The molecule has 1 unspecified atom stereocenters. The highest BCUT2D eigenvalue weighted by atomic mass is 16.5. The molecule has 4 heteroatoms. The van der Waals surface area contributed by atoms with E-state index in [9.17, 15) is 5.11 Å². The third-order valence-electron chi connectivity index (χ3n) is 3.70. The van der Waals surface area contributed by atoms with Crippen LogP contribution in [0.3, 0.4) is 0 Å². The van der Waals surface area contributed by atoms with E-state index in [1.807, 2.05) is 30.3 Å². The van der Waals surface area contributed by atoms with Gasteiger partial charge in [-0.1, -0.05) is 30.3 Å². The fourth-order valence-electron chi connectivity index (χ4n) is 2.34. The van der Waals surface area contributed by atoms with Gasteiger partial charge in [0.2, 0.25) is 0 Å². The van der Waals surface area contributed by atoms with Crippen molar-refractivity contribution < 1.29 is 14.6 Å². The molecule has 3 N–H and O–H groups in total. The van der Waals surface area contributed by atoms with Crippen LogP contribution in [0.5, 0.6) is 0 Å². The molecule has 0 spiro atoms. The van der Waals surface area contributed by atoms with Crippen LogP contribution in [0.4, 0.5) is 0 Å². The molecular weight excluding hydrogens is 242 g/mol. The summed E-state index contributed by atoms with van der Waals surface area (Å²) < 4.78 is 11.1. The fraction of sp³-hybridized carbons (Fsp3) is 0.600. The lowest BCUT2D eigenvalue weighted by molar-refractivity contribution is -0.0382. The Morgan fingerprint density at radius 1 is 1.26 bits per heavy atom. The van der Waals surface area contributed by atoms with E-state index in [1.165, 1.54) is 0 Å². The molecule has 0 aromatic heterocycles. The Bertz CT molecular complexity index is 365. The first-order chi connectivity index (χ1) is 9.24. The predicted molar refractivity (Wildman–Crippen MR) is 73.8 cm³/mol. The molecule has 0 bridgehead atoms. The number of nitrogens with two attached hydrogens (primary N) is 1. The molecule has 0 aliphatic carbocycles. The van der Waals surface area contributed by atoms with E-state index in [4.69, 9.17) is 15.2 Å². The van der Waals surface area contributed by atoms with Crippen molar-refractivity contribution in [2.45, 2.75) is 30.9 Å². The van der Waals surface area contributed by atoms with Crippen LogP contribution in [0.15, 0.2) is 30.3 Å². The van der Waals surface area contributed by atoms with Crippen LogP contribution < -0.4 is 5.73 Å². The molecule has 1 fully saturated rings. The van der Waals surface area contributed by atoms with Crippen LogP contribution in [-0.2, 0) is 15.0 Å². The number of benzene rings is 1. The fourth-order valence-corrected chi connectivity index (χ4v) is 2.34. The first-order valence-corrected chi connectivity index (χ1v) is 6.89. The second kappa shape index (κ2) is 7.01. The maximum absolute atomic E-state index is 9.58. The third-order valence-corrected chi connectivity index (χ3v) is 3.70. The van der Waals surface area contributed by atoms with Gasteiger partial charge in [-0.3, -0.25) is 0 Å². The molecule has 1 saturated heterocycles. The van der Waals surface area contributed by atoms with E-state index in [-0.39, 0.29) is 12.7 Å². The van der Waals surface area contributed by atoms with Crippen molar-refractivity contribution in [1.82, 2.24) is 0 Å². The number of ether oxygens (including phenoxy) is 2. The van der Waals surface area contributed by atoms with Crippen molar-refractivity contribution >= 4 is 0 Å². The molecule has 1 aliphatic rings. The van der Waals surface area contributed by atoms with Gasteiger partial charge in [0.15, 0.2) is 0 Å². The van der Waals surface area contributed by atoms with Gasteiger partial charge in [-0.15, -0.1) is 0 Å². The van der Waals surface area contributed by atoms with E-state index in [0.717, 1.165) is 31.6 Å². The Balaban J connectivity index is 1.85. The van der Waals surface area contributed by atoms with Crippen LogP contribution in [0.1, 0.15) is 24.8 Å². The molecule has 0 radical (unpaired) electrons. The van der Waals surface area contributed by atoms with Gasteiger partial charge in [0, 0.05) is 19.8 Å². The molecule has 1 aromatic carbocycles. The summed E-state index contributed by atoms with van der Waals surface area (Å²) in [5, 5.41) is 9.58. The quantitative estimate of drug-likeness (QED) is 0.816. The summed E-state index contributed by atoms with van der Waals surface area (Å²) in [5.41, 5.74) is 6.52. The van der Waals surface area contributed by atoms with Gasteiger partial charge in [0.05, 0.1) is 18.2 Å². The van der Waals surface area contributed by atoms with E-state index >= 15 is 0 Å². The zero-order chi connectivity index (χ0) is 13.6. The minimum atomic E-state index is -0.716. The summed E-state index contributed by atoms with van der Waals surface area (Å²) in [6.07, 6.45) is 2.78. The summed E-state index contributed by atoms with van der Waals surface area (Å²) in [6, 6.07) is 9.72. The Morgan fingerprint density at radius 2 is 1.95 bits per heavy atom. The van der Waals surface area contributed by atoms with Crippen molar-refractivity contribution in [3.63, 3.8) is 0 Å². The SMILES string of the molecule is NC(CO)(CCOC1CCOCC1)c1ccccc1. The van der Waals surface area contributed by atoms with E-state index in [0.29, 0.717) is 13.0 Å². The predicted octanol–water partition coefficient (Wildman–Crippen LogP) is 1.42. The molecule has 0 amide bonds. The molecule has 1 aromatic rings. The Morgan fingerprint density at radius 3 is 2.58 bits per heavy atom. The van der Waals surface area contributed by atoms with Gasteiger partial charge >= 0.3 is 0 Å². The summed E-state index contributed by atoms with van der Waals surface area (Å²) >= 11 is 0. The van der Waals surface area contributed by atoms with Crippen molar-refractivity contribution in [1.29, 1.82) is 0 Å². The molecule has 4 nitrogen and oxygen atoms in total. The van der Waals surface area contributed by atoms with Gasteiger partial charge in [0.25, 0.3) is 0 Å². The average molecular weight is 265 g/mol. The van der Waals surface area contributed by atoms with Gasteiger partial charge in [-0.2, -0.15) is 0 Å². The van der Waals surface area contributed by atoms with Gasteiger partial charge in [-0.05, 0) is 24.8 Å². The molecule has 106 valence electrons. The molecular formula is C15H23NO3. The van der Waals surface area contributed by atoms with Crippen LogP contribution in [0.25, 0.3) is 0 Å². The molecule has 1 heterocycles. The lowest BCUT2D eigenvalue weighted by Gasteiger charge is -2.29. The van der Waals surface area contributed by atoms with E-state index in [1.54, 1.807) is 0 Å². The highest BCUT2D eigenvalue weighted by molar-refractivity contribution is 5.23. The Labute approximate surface area is 114 Å². The molecule has 0 saturated carbocycles. The third kappa shape index (κ3) is 4.01. The van der Waals surface area contributed by atoms with Gasteiger partial charge in [0.1, 0.15) is 0 Å². The molecule has 19 heavy (non-hydrogen) atoms. The second-order valence-electron chi connectivity index (χ2n) is 5.11. The van der Waals surface area contributed by atoms with Crippen LogP contribution in [-0.4, -0.2) is 37.6 Å². The number of aliphatic hydroxyl groups excluding tert-OH is 1. The zero-order valence-electron chi connectivity index (χ0n) is 11.3. The minimum absolute atomic E-state index is 0.0752. The second-order valence-corrected chi connectivity index (χ2v) is 5.11. The van der Waals surface area contributed by atoms with Gasteiger partial charge in [-0.25, -0.2) is 0 Å².